The van der Waals surface area contributed by atoms with E-state index in [1.807, 2.05) is 44.0 Å². The molecule has 1 N–H and O–H groups in total. The molecule has 24 heavy (non-hydrogen) atoms. The van der Waals surface area contributed by atoms with E-state index in [4.69, 9.17) is 9.47 Å². The number of amides is 1. The number of likely N-dealkylation sites (tertiary alicyclic amines) is 1. The van der Waals surface area contributed by atoms with Crippen molar-refractivity contribution in [3.63, 3.8) is 0 Å². The highest BCUT2D eigenvalue weighted by molar-refractivity contribution is 5.87. The third-order valence-electron chi connectivity index (χ3n) is 5.10. The van der Waals surface area contributed by atoms with Gasteiger partial charge in [-0.05, 0) is 63.9 Å². The van der Waals surface area contributed by atoms with Crippen molar-refractivity contribution in [3.8, 4) is 11.5 Å². The van der Waals surface area contributed by atoms with E-state index in [2.05, 4.69) is 5.32 Å². The second kappa shape index (κ2) is 7.01. The molecule has 0 bridgehead atoms. The van der Waals surface area contributed by atoms with Crippen LogP contribution in [0, 0.1) is 5.92 Å². The predicted molar refractivity (Wildman–Crippen MR) is 93.7 cm³/mol. The first-order valence-corrected chi connectivity index (χ1v) is 8.86. The maximum Gasteiger partial charge on any atom is 0.232 e. The smallest absolute Gasteiger partial charge is 0.232 e. The van der Waals surface area contributed by atoms with Crippen LogP contribution in [-0.2, 0) is 10.2 Å². The quantitative estimate of drug-likeness (QED) is 0.918. The molecule has 1 fully saturated rings. The lowest BCUT2D eigenvalue weighted by molar-refractivity contribution is -0.138. The summed E-state index contributed by atoms with van der Waals surface area (Å²) in [5, 5.41) is 3.23. The van der Waals surface area contributed by atoms with E-state index in [9.17, 15) is 4.79 Å². The molecule has 2 heterocycles. The average Bonchev–Trinajstić information content (AvgIpc) is 2.61. The van der Waals surface area contributed by atoms with Crippen molar-refractivity contribution < 1.29 is 14.3 Å². The molecule has 5 heteroatoms. The molecule has 1 amide bonds. The zero-order valence-corrected chi connectivity index (χ0v) is 14.9. The summed E-state index contributed by atoms with van der Waals surface area (Å²) in [4.78, 5) is 15.2. The van der Waals surface area contributed by atoms with Gasteiger partial charge in [0.05, 0.1) is 5.41 Å². The second-order valence-corrected chi connectivity index (χ2v) is 7.30. The number of fused-ring (bicyclic) bond motifs is 1. The number of piperidine rings is 1. The molecule has 0 aliphatic carbocycles. The first kappa shape index (κ1) is 17.1. The van der Waals surface area contributed by atoms with Gasteiger partial charge >= 0.3 is 0 Å². The minimum absolute atomic E-state index is 0.194. The number of rotatable bonds is 4. The van der Waals surface area contributed by atoms with E-state index in [1.165, 1.54) is 6.42 Å². The number of carbonyl (C=O) groups excluding carboxylic acids is 1. The molecule has 1 aromatic carbocycles. The van der Waals surface area contributed by atoms with Gasteiger partial charge in [-0.1, -0.05) is 6.07 Å². The Bertz CT molecular complexity index is 598. The Kier molecular flexibility index (Phi) is 4.99. The lowest BCUT2D eigenvalue weighted by atomic mass is 9.82. The largest absolute Gasteiger partial charge is 0.486 e. The molecule has 3 rings (SSSR count). The van der Waals surface area contributed by atoms with Gasteiger partial charge in [0.2, 0.25) is 5.91 Å². The van der Waals surface area contributed by atoms with Gasteiger partial charge in [-0.15, -0.1) is 0 Å². The Morgan fingerprint density at radius 3 is 2.79 bits per heavy atom. The van der Waals surface area contributed by atoms with Crippen LogP contribution in [0.15, 0.2) is 18.2 Å². The monoisotopic (exact) mass is 332 g/mol. The summed E-state index contributed by atoms with van der Waals surface area (Å²) in [6, 6.07) is 5.86. The molecule has 1 unspecified atom stereocenters. The Balaban J connectivity index is 1.77. The Morgan fingerprint density at radius 2 is 2.04 bits per heavy atom. The van der Waals surface area contributed by atoms with Crippen LogP contribution in [0.4, 0.5) is 0 Å². The number of nitrogens with zero attached hydrogens (tertiary/aromatic N) is 1. The first-order chi connectivity index (χ1) is 11.5. The molecule has 1 atom stereocenters. The summed E-state index contributed by atoms with van der Waals surface area (Å²) in [6.45, 7) is 7.80. The summed E-state index contributed by atoms with van der Waals surface area (Å²) in [5.74, 6) is 2.25. The van der Waals surface area contributed by atoms with E-state index in [1.54, 1.807) is 0 Å². The lowest BCUT2D eigenvalue weighted by Gasteiger charge is -2.38. The summed E-state index contributed by atoms with van der Waals surface area (Å²) < 4.78 is 11.3. The molecule has 2 aliphatic heterocycles. The summed E-state index contributed by atoms with van der Waals surface area (Å²) >= 11 is 0. The zero-order valence-electron chi connectivity index (χ0n) is 14.9. The van der Waals surface area contributed by atoms with Crippen LogP contribution in [-0.4, -0.2) is 50.7 Å². The summed E-state index contributed by atoms with van der Waals surface area (Å²) in [6.07, 6.45) is 2.27. The van der Waals surface area contributed by atoms with Crippen molar-refractivity contribution in [3.05, 3.63) is 23.8 Å². The van der Waals surface area contributed by atoms with Gasteiger partial charge < -0.3 is 19.7 Å². The fourth-order valence-corrected chi connectivity index (χ4v) is 3.66. The average molecular weight is 332 g/mol. The molecule has 0 saturated carbocycles. The van der Waals surface area contributed by atoms with Crippen LogP contribution in [0.25, 0.3) is 0 Å². The maximum absolute atomic E-state index is 13.2. The number of nitrogens with one attached hydrogen (secondary N) is 1. The molecular weight excluding hydrogens is 304 g/mol. The number of benzene rings is 1. The molecular formula is C19H28N2O3. The molecule has 5 nitrogen and oxygen atoms in total. The van der Waals surface area contributed by atoms with Crippen LogP contribution in [0.2, 0.25) is 0 Å². The minimum Gasteiger partial charge on any atom is -0.486 e. The highest BCUT2D eigenvalue weighted by Gasteiger charge is 2.36. The summed E-state index contributed by atoms with van der Waals surface area (Å²) in [5.41, 5.74) is 0.407. The number of ether oxygens (including phenoxy) is 2. The van der Waals surface area contributed by atoms with E-state index in [0.717, 1.165) is 43.1 Å². The van der Waals surface area contributed by atoms with Crippen molar-refractivity contribution in [2.75, 3.05) is 39.9 Å². The van der Waals surface area contributed by atoms with Crippen molar-refractivity contribution in [2.24, 2.45) is 5.92 Å². The zero-order chi connectivity index (χ0) is 17.2. The number of hydrogen-bond donors (Lipinski definition) is 1. The van der Waals surface area contributed by atoms with Crippen LogP contribution >= 0.6 is 0 Å². The van der Waals surface area contributed by atoms with E-state index in [0.29, 0.717) is 19.1 Å². The molecule has 0 aromatic heterocycles. The Labute approximate surface area is 144 Å². The normalized spacial score (nSPS) is 20.8. The van der Waals surface area contributed by atoms with Crippen molar-refractivity contribution in [1.29, 1.82) is 0 Å². The highest BCUT2D eigenvalue weighted by atomic mass is 16.6. The van der Waals surface area contributed by atoms with Gasteiger partial charge in [-0.3, -0.25) is 4.79 Å². The van der Waals surface area contributed by atoms with Gasteiger partial charge in [0.1, 0.15) is 13.2 Å². The SMILES string of the molecule is CNCC1CCCN(C(=O)C(C)(C)c2ccc3c(c2)OCCO3)C1. The van der Waals surface area contributed by atoms with Crippen LogP contribution in [0.5, 0.6) is 11.5 Å². The van der Waals surface area contributed by atoms with Gasteiger partial charge in [0.25, 0.3) is 0 Å². The van der Waals surface area contributed by atoms with Crippen molar-refractivity contribution in [2.45, 2.75) is 32.1 Å². The van der Waals surface area contributed by atoms with E-state index >= 15 is 0 Å². The lowest BCUT2D eigenvalue weighted by Crippen LogP contribution is -2.49. The molecule has 2 aliphatic rings. The van der Waals surface area contributed by atoms with Crippen LogP contribution in [0.3, 0.4) is 0 Å². The third kappa shape index (κ3) is 3.36. The molecule has 1 saturated heterocycles. The van der Waals surface area contributed by atoms with E-state index < -0.39 is 5.41 Å². The number of hydrogen-bond acceptors (Lipinski definition) is 4. The maximum atomic E-state index is 13.2. The Hall–Kier alpha value is -1.75. The van der Waals surface area contributed by atoms with E-state index in [-0.39, 0.29) is 5.91 Å². The molecule has 0 radical (unpaired) electrons. The standard InChI is InChI=1S/C19H28N2O3/c1-19(2,15-6-7-16-17(11-15)24-10-9-23-16)18(22)21-8-4-5-14(13-21)12-20-3/h6-7,11,14,20H,4-5,8-10,12-13H2,1-3H3. The third-order valence-corrected chi connectivity index (χ3v) is 5.10. The van der Waals surface area contributed by atoms with Crippen LogP contribution < -0.4 is 14.8 Å². The van der Waals surface area contributed by atoms with Gasteiger partial charge in [-0.2, -0.15) is 0 Å². The predicted octanol–water partition coefficient (Wildman–Crippen LogP) is 2.19. The van der Waals surface area contributed by atoms with Gasteiger partial charge in [0.15, 0.2) is 11.5 Å². The van der Waals surface area contributed by atoms with Gasteiger partial charge in [-0.25, -0.2) is 0 Å². The second-order valence-electron chi connectivity index (χ2n) is 7.30. The minimum atomic E-state index is -0.572. The first-order valence-electron chi connectivity index (χ1n) is 8.86. The fraction of sp³-hybridized carbons (Fsp3) is 0.632. The summed E-state index contributed by atoms with van der Waals surface area (Å²) in [7, 11) is 1.97. The Morgan fingerprint density at radius 1 is 1.29 bits per heavy atom. The van der Waals surface area contributed by atoms with Crippen molar-refractivity contribution in [1.82, 2.24) is 10.2 Å². The molecule has 1 aromatic rings. The van der Waals surface area contributed by atoms with Crippen LogP contribution in [0.1, 0.15) is 32.3 Å². The van der Waals surface area contributed by atoms with Crippen molar-refractivity contribution >= 4 is 5.91 Å². The molecule has 132 valence electrons. The van der Waals surface area contributed by atoms with Gasteiger partial charge in [0, 0.05) is 13.1 Å². The molecule has 0 spiro atoms. The highest BCUT2D eigenvalue weighted by Crippen LogP contribution is 2.36. The fourth-order valence-electron chi connectivity index (χ4n) is 3.66. The topological polar surface area (TPSA) is 50.8 Å². The number of carbonyl (C=O) groups is 1.